The van der Waals surface area contributed by atoms with Gasteiger partial charge in [0.2, 0.25) is 0 Å². The first kappa shape index (κ1) is 11.3. The van der Waals surface area contributed by atoms with Crippen molar-refractivity contribution in [3.8, 4) is 0 Å². The summed E-state index contributed by atoms with van der Waals surface area (Å²) < 4.78 is 5.38. The molecule has 0 radical (unpaired) electrons. The maximum Gasteiger partial charge on any atom is 0.117 e. The maximum atomic E-state index is 5.38. The predicted molar refractivity (Wildman–Crippen MR) is 67.7 cm³/mol. The molecular formula is C14H22N2O. The highest BCUT2D eigenvalue weighted by atomic mass is 16.3. The lowest BCUT2D eigenvalue weighted by atomic mass is 9.93. The molecule has 1 saturated carbocycles. The van der Waals surface area contributed by atoms with Crippen LogP contribution in [0.5, 0.6) is 0 Å². The second kappa shape index (κ2) is 5.23. The van der Waals surface area contributed by atoms with Crippen molar-refractivity contribution in [1.29, 1.82) is 0 Å². The zero-order chi connectivity index (χ0) is 11.5. The Bertz CT molecular complexity index is 330. The van der Waals surface area contributed by atoms with E-state index in [1.54, 1.807) is 6.26 Å². The lowest BCUT2D eigenvalue weighted by molar-refractivity contribution is 0.312. The van der Waals surface area contributed by atoms with Crippen LogP contribution in [0.3, 0.4) is 0 Å². The van der Waals surface area contributed by atoms with Gasteiger partial charge < -0.3 is 15.1 Å². The number of furan rings is 1. The van der Waals surface area contributed by atoms with E-state index in [4.69, 9.17) is 4.42 Å². The first-order valence-electron chi connectivity index (χ1n) is 6.92. The lowest BCUT2D eigenvalue weighted by Gasteiger charge is -2.26. The van der Waals surface area contributed by atoms with Crippen LogP contribution >= 0.6 is 0 Å². The van der Waals surface area contributed by atoms with Gasteiger partial charge in [-0.15, -0.1) is 0 Å². The molecule has 1 aromatic heterocycles. The largest absolute Gasteiger partial charge is 0.468 e. The summed E-state index contributed by atoms with van der Waals surface area (Å²) in [7, 11) is 0. The minimum absolute atomic E-state index is 0.677. The van der Waals surface area contributed by atoms with Gasteiger partial charge >= 0.3 is 0 Å². The smallest absolute Gasteiger partial charge is 0.117 e. The van der Waals surface area contributed by atoms with Crippen LogP contribution in [-0.2, 0) is 6.54 Å². The zero-order valence-corrected chi connectivity index (χ0v) is 10.3. The standard InChI is InChI=1S/C14H22N2O/c1-5-12(13-7-2-8-15-13)14(6-1)16-10-11-4-3-9-17-11/h3-4,9,12-16H,1-2,5-8,10H2. The monoisotopic (exact) mass is 234 g/mol. The van der Waals surface area contributed by atoms with Gasteiger partial charge in [-0.2, -0.15) is 0 Å². The van der Waals surface area contributed by atoms with Gasteiger partial charge in [0.1, 0.15) is 5.76 Å². The van der Waals surface area contributed by atoms with Crippen molar-refractivity contribution in [2.24, 2.45) is 5.92 Å². The average molecular weight is 234 g/mol. The topological polar surface area (TPSA) is 37.2 Å². The molecule has 1 aromatic rings. The molecule has 2 heterocycles. The molecule has 94 valence electrons. The fourth-order valence-corrected chi connectivity index (χ4v) is 3.45. The van der Waals surface area contributed by atoms with Crippen molar-refractivity contribution in [1.82, 2.24) is 10.6 Å². The minimum Gasteiger partial charge on any atom is -0.468 e. The van der Waals surface area contributed by atoms with Gasteiger partial charge in [-0.1, -0.05) is 6.42 Å². The Balaban J connectivity index is 1.54. The lowest BCUT2D eigenvalue weighted by Crippen LogP contribution is -2.41. The van der Waals surface area contributed by atoms with Crippen molar-refractivity contribution >= 4 is 0 Å². The number of nitrogens with one attached hydrogen (secondary N) is 2. The van der Waals surface area contributed by atoms with Crippen LogP contribution < -0.4 is 10.6 Å². The Morgan fingerprint density at radius 1 is 1.29 bits per heavy atom. The fourth-order valence-electron chi connectivity index (χ4n) is 3.45. The molecule has 3 atom stereocenters. The van der Waals surface area contributed by atoms with E-state index in [1.165, 1.54) is 38.6 Å². The van der Waals surface area contributed by atoms with Crippen LogP contribution in [0.25, 0.3) is 0 Å². The van der Waals surface area contributed by atoms with E-state index in [9.17, 15) is 0 Å². The summed E-state index contributed by atoms with van der Waals surface area (Å²) in [6.07, 6.45) is 8.55. The maximum absolute atomic E-state index is 5.38. The van der Waals surface area contributed by atoms with Gasteiger partial charge in [0.25, 0.3) is 0 Å². The summed E-state index contributed by atoms with van der Waals surface area (Å²) >= 11 is 0. The predicted octanol–water partition coefficient (Wildman–Crippen LogP) is 2.29. The van der Waals surface area contributed by atoms with Gasteiger partial charge in [-0.25, -0.2) is 0 Å². The number of rotatable bonds is 4. The third-order valence-electron chi connectivity index (χ3n) is 4.30. The summed E-state index contributed by atoms with van der Waals surface area (Å²) in [6, 6.07) is 5.44. The molecule has 3 rings (SSSR count). The van der Waals surface area contributed by atoms with Crippen LogP contribution in [0, 0.1) is 5.92 Å². The highest BCUT2D eigenvalue weighted by molar-refractivity contribution is 4.99. The highest BCUT2D eigenvalue weighted by Crippen LogP contribution is 2.32. The molecule has 0 bridgehead atoms. The molecular weight excluding hydrogens is 212 g/mol. The normalized spacial score (nSPS) is 33.3. The van der Waals surface area contributed by atoms with Crippen molar-refractivity contribution < 1.29 is 4.42 Å². The fraction of sp³-hybridized carbons (Fsp3) is 0.714. The summed E-state index contributed by atoms with van der Waals surface area (Å²) in [6.45, 7) is 2.09. The van der Waals surface area contributed by atoms with Crippen molar-refractivity contribution in [3.63, 3.8) is 0 Å². The van der Waals surface area contributed by atoms with E-state index in [-0.39, 0.29) is 0 Å². The second-order valence-corrected chi connectivity index (χ2v) is 5.36. The van der Waals surface area contributed by atoms with E-state index < -0.39 is 0 Å². The molecule has 1 aliphatic carbocycles. The van der Waals surface area contributed by atoms with E-state index in [0.717, 1.165) is 24.3 Å². The minimum atomic E-state index is 0.677. The Hall–Kier alpha value is -0.800. The molecule has 3 heteroatoms. The third kappa shape index (κ3) is 2.55. The summed E-state index contributed by atoms with van der Waals surface area (Å²) in [5, 5.41) is 7.34. The SMILES string of the molecule is c1coc(CNC2CCCC2C2CCCN2)c1. The van der Waals surface area contributed by atoms with Gasteiger partial charge in [0.15, 0.2) is 0 Å². The van der Waals surface area contributed by atoms with Gasteiger partial charge in [-0.05, 0) is 50.3 Å². The van der Waals surface area contributed by atoms with Crippen molar-refractivity contribution in [2.45, 2.75) is 50.7 Å². The van der Waals surface area contributed by atoms with E-state index >= 15 is 0 Å². The molecule has 1 saturated heterocycles. The molecule has 3 unspecified atom stereocenters. The second-order valence-electron chi connectivity index (χ2n) is 5.36. The molecule has 0 spiro atoms. The molecule has 2 N–H and O–H groups in total. The summed E-state index contributed by atoms with van der Waals surface area (Å²) in [5.74, 6) is 1.88. The van der Waals surface area contributed by atoms with Crippen LogP contribution in [0.1, 0.15) is 37.9 Å². The Labute approximate surface area is 103 Å². The molecule has 0 amide bonds. The number of hydrogen-bond acceptors (Lipinski definition) is 3. The molecule has 1 aliphatic heterocycles. The van der Waals surface area contributed by atoms with E-state index in [2.05, 4.69) is 10.6 Å². The quantitative estimate of drug-likeness (QED) is 0.839. The van der Waals surface area contributed by atoms with E-state index in [0.29, 0.717) is 6.04 Å². The Morgan fingerprint density at radius 2 is 2.29 bits per heavy atom. The zero-order valence-electron chi connectivity index (χ0n) is 10.3. The molecule has 2 fully saturated rings. The van der Waals surface area contributed by atoms with Crippen LogP contribution in [-0.4, -0.2) is 18.6 Å². The Kier molecular flexibility index (Phi) is 3.48. The summed E-state index contributed by atoms with van der Waals surface area (Å²) in [4.78, 5) is 0. The Morgan fingerprint density at radius 3 is 3.06 bits per heavy atom. The van der Waals surface area contributed by atoms with Crippen LogP contribution in [0.2, 0.25) is 0 Å². The number of hydrogen-bond donors (Lipinski definition) is 2. The van der Waals surface area contributed by atoms with Crippen LogP contribution in [0.4, 0.5) is 0 Å². The van der Waals surface area contributed by atoms with Gasteiger partial charge in [0, 0.05) is 12.1 Å². The summed E-state index contributed by atoms with van der Waals surface area (Å²) in [5.41, 5.74) is 0. The average Bonchev–Trinajstić information content (AvgIpc) is 3.09. The van der Waals surface area contributed by atoms with Crippen molar-refractivity contribution in [2.75, 3.05) is 6.54 Å². The van der Waals surface area contributed by atoms with E-state index in [1.807, 2.05) is 12.1 Å². The molecule has 2 aliphatic rings. The van der Waals surface area contributed by atoms with Gasteiger partial charge in [-0.3, -0.25) is 0 Å². The molecule has 0 aromatic carbocycles. The highest BCUT2D eigenvalue weighted by Gasteiger charge is 2.34. The van der Waals surface area contributed by atoms with Gasteiger partial charge in [0.05, 0.1) is 12.8 Å². The van der Waals surface area contributed by atoms with Crippen molar-refractivity contribution in [3.05, 3.63) is 24.2 Å². The first-order chi connectivity index (χ1) is 8.43. The first-order valence-corrected chi connectivity index (χ1v) is 6.92. The molecule has 17 heavy (non-hydrogen) atoms. The molecule has 3 nitrogen and oxygen atoms in total. The third-order valence-corrected chi connectivity index (χ3v) is 4.30. The van der Waals surface area contributed by atoms with Crippen LogP contribution in [0.15, 0.2) is 22.8 Å².